The second kappa shape index (κ2) is 6.08. The first-order valence-corrected chi connectivity index (χ1v) is 8.32. The van der Waals surface area contributed by atoms with Crippen LogP contribution in [-0.2, 0) is 10.0 Å². The fourth-order valence-electron chi connectivity index (χ4n) is 1.43. The normalized spacial score (nSPS) is 15.2. The molecule has 0 aromatic heterocycles. The van der Waals surface area contributed by atoms with Crippen LogP contribution < -0.4 is 10.5 Å². The Labute approximate surface area is 116 Å². The van der Waals surface area contributed by atoms with Gasteiger partial charge in [-0.2, -0.15) is 11.8 Å². The minimum Gasteiger partial charge on any atom is -0.398 e. The van der Waals surface area contributed by atoms with Gasteiger partial charge in [-0.05, 0) is 31.4 Å². The van der Waals surface area contributed by atoms with Crippen molar-refractivity contribution < 1.29 is 17.9 Å². The van der Waals surface area contributed by atoms with Crippen LogP contribution in [0.4, 0.5) is 10.1 Å². The molecule has 1 rings (SSSR count). The van der Waals surface area contributed by atoms with E-state index >= 15 is 0 Å². The number of hydrogen-bond acceptors (Lipinski definition) is 5. The Balaban J connectivity index is 2.90. The van der Waals surface area contributed by atoms with E-state index in [1.54, 1.807) is 6.26 Å². The van der Waals surface area contributed by atoms with Gasteiger partial charge in [0.15, 0.2) is 0 Å². The molecule has 108 valence electrons. The molecule has 4 N–H and O–H groups in total. The quantitative estimate of drug-likeness (QED) is 0.676. The lowest BCUT2D eigenvalue weighted by atomic mass is 10.1. The summed E-state index contributed by atoms with van der Waals surface area (Å²) in [4.78, 5) is -0.326. The zero-order valence-electron chi connectivity index (χ0n) is 10.7. The van der Waals surface area contributed by atoms with Crippen LogP contribution in [0.5, 0.6) is 0 Å². The van der Waals surface area contributed by atoms with E-state index in [0.717, 1.165) is 12.1 Å². The largest absolute Gasteiger partial charge is 0.398 e. The molecular weight excluding hydrogens is 291 g/mol. The fraction of sp³-hybridized carbons (Fsp3) is 0.455. The highest BCUT2D eigenvalue weighted by atomic mass is 32.2. The summed E-state index contributed by atoms with van der Waals surface area (Å²) in [5, 5.41) is 9.90. The monoisotopic (exact) mass is 308 g/mol. The molecule has 1 unspecified atom stereocenters. The molecule has 1 atom stereocenters. The van der Waals surface area contributed by atoms with Crippen molar-refractivity contribution in [2.45, 2.75) is 17.4 Å². The standard InChI is InChI=1S/C11H17FN2O3S2/c1-11(15,7-18-2)6-14-19(16,17)10-5-8(12)3-4-9(10)13/h3-5,14-15H,6-7,13H2,1-2H3. The Morgan fingerprint density at radius 2 is 2.16 bits per heavy atom. The number of nitrogens with one attached hydrogen (secondary N) is 1. The first-order chi connectivity index (χ1) is 8.68. The van der Waals surface area contributed by atoms with Crippen LogP contribution in [0.15, 0.2) is 23.1 Å². The van der Waals surface area contributed by atoms with Gasteiger partial charge in [0.25, 0.3) is 0 Å². The van der Waals surface area contributed by atoms with Crippen LogP contribution in [0, 0.1) is 5.82 Å². The Kier molecular flexibility index (Phi) is 5.19. The Bertz CT molecular complexity index is 547. The molecule has 1 aromatic carbocycles. The van der Waals surface area contributed by atoms with Gasteiger partial charge in [-0.15, -0.1) is 0 Å². The molecule has 1 aromatic rings. The lowest BCUT2D eigenvalue weighted by Crippen LogP contribution is -2.42. The SMILES string of the molecule is CSCC(C)(O)CNS(=O)(=O)c1cc(F)ccc1N. The van der Waals surface area contributed by atoms with Crippen LogP contribution in [0.2, 0.25) is 0 Å². The van der Waals surface area contributed by atoms with Crippen LogP contribution >= 0.6 is 11.8 Å². The molecule has 19 heavy (non-hydrogen) atoms. The molecule has 0 radical (unpaired) electrons. The lowest BCUT2D eigenvalue weighted by Gasteiger charge is -2.22. The molecule has 0 aliphatic rings. The number of rotatable bonds is 6. The van der Waals surface area contributed by atoms with Crippen molar-refractivity contribution in [3.8, 4) is 0 Å². The highest BCUT2D eigenvalue weighted by Gasteiger charge is 2.25. The summed E-state index contributed by atoms with van der Waals surface area (Å²) in [5.74, 6) is -0.320. The summed E-state index contributed by atoms with van der Waals surface area (Å²) in [7, 11) is -3.95. The molecule has 0 bridgehead atoms. The first-order valence-electron chi connectivity index (χ1n) is 5.44. The van der Waals surface area contributed by atoms with E-state index in [0.29, 0.717) is 5.75 Å². The van der Waals surface area contributed by atoms with Crippen molar-refractivity contribution >= 4 is 27.5 Å². The summed E-state index contributed by atoms with van der Waals surface area (Å²) in [6.45, 7) is 1.34. The van der Waals surface area contributed by atoms with Gasteiger partial charge in [0, 0.05) is 12.3 Å². The number of thioether (sulfide) groups is 1. The third-order valence-corrected chi connectivity index (χ3v) is 4.73. The molecule has 0 saturated heterocycles. The number of benzene rings is 1. The van der Waals surface area contributed by atoms with Crippen LogP contribution in [0.25, 0.3) is 0 Å². The van der Waals surface area contributed by atoms with Gasteiger partial charge in [-0.1, -0.05) is 0 Å². The van der Waals surface area contributed by atoms with E-state index in [2.05, 4.69) is 4.72 Å². The zero-order chi connectivity index (χ0) is 14.7. The average molecular weight is 308 g/mol. The second-order valence-corrected chi connectivity index (χ2v) is 7.04. The Morgan fingerprint density at radius 3 is 2.74 bits per heavy atom. The molecule has 0 amide bonds. The molecule has 5 nitrogen and oxygen atoms in total. The minimum atomic E-state index is -3.95. The molecule has 0 aliphatic carbocycles. The number of halogens is 1. The van der Waals surface area contributed by atoms with Gasteiger partial charge in [0.2, 0.25) is 10.0 Å². The summed E-state index contributed by atoms with van der Waals surface area (Å²) in [5.41, 5.74) is 4.29. The predicted molar refractivity (Wildman–Crippen MR) is 75.0 cm³/mol. The fourth-order valence-corrected chi connectivity index (χ4v) is 3.46. The second-order valence-electron chi connectivity index (χ2n) is 4.44. The maximum atomic E-state index is 13.1. The van der Waals surface area contributed by atoms with Gasteiger partial charge in [-0.25, -0.2) is 17.5 Å². The van der Waals surface area contributed by atoms with E-state index < -0.39 is 21.4 Å². The van der Waals surface area contributed by atoms with Gasteiger partial charge in [0.05, 0.1) is 11.3 Å². The van der Waals surface area contributed by atoms with Crippen molar-refractivity contribution in [3.05, 3.63) is 24.0 Å². The third kappa shape index (κ3) is 4.64. The topological polar surface area (TPSA) is 92.4 Å². The highest BCUT2D eigenvalue weighted by molar-refractivity contribution is 7.98. The zero-order valence-corrected chi connectivity index (χ0v) is 12.3. The molecule has 8 heteroatoms. The molecule has 0 saturated carbocycles. The Morgan fingerprint density at radius 1 is 1.53 bits per heavy atom. The number of nitrogens with two attached hydrogens (primary N) is 1. The molecule has 0 fully saturated rings. The summed E-state index contributed by atoms with van der Waals surface area (Å²) < 4.78 is 39.3. The molecular formula is C11H17FN2O3S2. The van der Waals surface area contributed by atoms with Crippen molar-refractivity contribution in [3.63, 3.8) is 0 Å². The molecule has 0 aliphatic heterocycles. The summed E-state index contributed by atoms with van der Waals surface area (Å²) in [6.07, 6.45) is 1.80. The number of aliphatic hydroxyl groups is 1. The van der Waals surface area contributed by atoms with Crippen molar-refractivity contribution in [1.82, 2.24) is 4.72 Å². The third-order valence-electron chi connectivity index (χ3n) is 2.36. The van der Waals surface area contributed by atoms with Crippen molar-refractivity contribution in [2.24, 2.45) is 0 Å². The number of nitrogen functional groups attached to an aromatic ring is 1. The van der Waals surface area contributed by atoms with Gasteiger partial charge >= 0.3 is 0 Å². The maximum absolute atomic E-state index is 13.1. The number of hydrogen-bond donors (Lipinski definition) is 3. The van der Waals surface area contributed by atoms with E-state index in [9.17, 15) is 17.9 Å². The number of sulfonamides is 1. The van der Waals surface area contributed by atoms with Crippen molar-refractivity contribution in [2.75, 3.05) is 24.3 Å². The van der Waals surface area contributed by atoms with Crippen LogP contribution in [0.1, 0.15) is 6.92 Å². The first kappa shape index (κ1) is 16.2. The van der Waals surface area contributed by atoms with Gasteiger partial charge in [-0.3, -0.25) is 0 Å². The highest BCUT2D eigenvalue weighted by Crippen LogP contribution is 2.19. The lowest BCUT2D eigenvalue weighted by molar-refractivity contribution is 0.0908. The van der Waals surface area contributed by atoms with Gasteiger partial charge < -0.3 is 10.8 Å². The molecule has 0 spiro atoms. The summed E-state index contributed by atoms with van der Waals surface area (Å²) in [6, 6.07) is 3.11. The smallest absolute Gasteiger partial charge is 0.242 e. The van der Waals surface area contributed by atoms with E-state index in [-0.39, 0.29) is 17.1 Å². The van der Waals surface area contributed by atoms with Crippen LogP contribution in [-0.4, -0.2) is 37.7 Å². The summed E-state index contributed by atoms with van der Waals surface area (Å²) >= 11 is 1.39. The average Bonchev–Trinajstić information content (AvgIpc) is 2.30. The number of anilines is 1. The van der Waals surface area contributed by atoms with E-state index in [1.807, 2.05) is 0 Å². The van der Waals surface area contributed by atoms with Crippen molar-refractivity contribution in [1.29, 1.82) is 0 Å². The Hall–Kier alpha value is -0.830. The van der Waals surface area contributed by atoms with E-state index in [4.69, 9.17) is 5.73 Å². The predicted octanol–water partition coefficient (Wildman–Crippen LogP) is 0.800. The maximum Gasteiger partial charge on any atom is 0.242 e. The van der Waals surface area contributed by atoms with Crippen LogP contribution in [0.3, 0.4) is 0 Å². The van der Waals surface area contributed by atoms with E-state index in [1.165, 1.54) is 24.8 Å². The minimum absolute atomic E-state index is 0.0431. The van der Waals surface area contributed by atoms with Gasteiger partial charge in [0.1, 0.15) is 10.7 Å². The molecule has 0 heterocycles.